The molecule has 1 saturated carbocycles. The number of aliphatic imine (C=N–C) groups is 1. The second kappa shape index (κ2) is 13.5. The quantitative estimate of drug-likeness (QED) is 0.343. The Morgan fingerprint density at radius 1 is 1.03 bits per heavy atom. The minimum absolute atomic E-state index is 0.0562. The number of ether oxygens (including phenoxy) is 2. The predicted octanol–water partition coefficient (Wildman–Crippen LogP) is 3.47. The Labute approximate surface area is 211 Å². The van der Waals surface area contributed by atoms with Crippen molar-refractivity contribution in [3.05, 3.63) is 59.4 Å². The number of nitrogens with zero attached hydrogens (tertiary/aromatic N) is 1. The maximum atomic E-state index is 13.2. The fourth-order valence-electron chi connectivity index (χ4n) is 4.43. The normalized spacial score (nSPS) is 15.1. The molecule has 0 aromatic heterocycles. The van der Waals surface area contributed by atoms with Gasteiger partial charge in [-0.2, -0.15) is 0 Å². The number of rotatable bonds is 10. The van der Waals surface area contributed by atoms with Gasteiger partial charge in [-0.3, -0.25) is 14.9 Å². The largest absolute Gasteiger partial charge is 0.493 e. The van der Waals surface area contributed by atoms with Gasteiger partial charge in [0, 0.05) is 6.54 Å². The molecule has 0 saturated heterocycles. The lowest BCUT2D eigenvalue weighted by Gasteiger charge is -2.24. The first-order valence-electron chi connectivity index (χ1n) is 12.2. The van der Waals surface area contributed by atoms with Crippen LogP contribution in [0.3, 0.4) is 0 Å². The van der Waals surface area contributed by atoms with E-state index in [0.29, 0.717) is 29.4 Å². The number of guanidine groups is 1. The summed E-state index contributed by atoms with van der Waals surface area (Å²) in [6.07, 6.45) is 6.18. The Morgan fingerprint density at radius 3 is 2.36 bits per heavy atom. The van der Waals surface area contributed by atoms with E-state index in [-0.39, 0.29) is 36.6 Å². The van der Waals surface area contributed by atoms with Gasteiger partial charge in [-0.1, -0.05) is 50.3 Å². The van der Waals surface area contributed by atoms with Crippen LogP contribution in [0, 0.1) is 11.7 Å². The fourth-order valence-corrected chi connectivity index (χ4v) is 4.43. The maximum Gasteiger partial charge on any atom is 0.245 e. The van der Waals surface area contributed by atoms with Gasteiger partial charge < -0.3 is 20.5 Å². The van der Waals surface area contributed by atoms with E-state index in [1.165, 1.54) is 25.7 Å². The van der Waals surface area contributed by atoms with Crippen molar-refractivity contribution in [3.8, 4) is 11.5 Å². The Bertz CT molecular complexity index is 1050. The summed E-state index contributed by atoms with van der Waals surface area (Å²) in [6, 6.07) is 10.4. The number of amides is 2. The highest BCUT2D eigenvalue weighted by atomic mass is 19.1. The molecule has 9 heteroatoms. The van der Waals surface area contributed by atoms with Crippen LogP contribution < -0.4 is 25.8 Å². The summed E-state index contributed by atoms with van der Waals surface area (Å²) in [5, 5.41) is 5.46. The molecule has 0 radical (unpaired) electrons. The average Bonchev–Trinajstić information content (AvgIpc) is 2.88. The number of carbonyl (C=O) groups is 2. The molecule has 0 heterocycles. The highest BCUT2D eigenvalue weighted by Gasteiger charge is 2.24. The number of nitrogens with one attached hydrogen (secondary N) is 2. The molecule has 2 amide bonds. The molecule has 1 atom stereocenters. The smallest absolute Gasteiger partial charge is 0.245 e. The topological polar surface area (TPSA) is 115 Å². The predicted molar refractivity (Wildman–Crippen MR) is 136 cm³/mol. The molecule has 8 nitrogen and oxygen atoms in total. The highest BCUT2D eigenvalue weighted by Crippen LogP contribution is 2.29. The molecule has 2 aromatic rings. The van der Waals surface area contributed by atoms with E-state index in [1.54, 1.807) is 37.4 Å². The standard InChI is InChI=1S/C27H35FN4O4/c1-35-23-13-10-20(15-24(23)36-2)16-25(33)32-27(29)31-22(14-18-6-4-3-5-7-18)26(34)30-17-19-8-11-21(28)12-9-19/h8-13,15,18,22H,3-7,14,16-17H2,1-2H3,(H,30,34)(H3,29,31,32,33). The first-order chi connectivity index (χ1) is 17.4. The van der Waals surface area contributed by atoms with Gasteiger partial charge in [0.1, 0.15) is 11.9 Å². The number of hydrogen-bond acceptors (Lipinski definition) is 5. The van der Waals surface area contributed by atoms with Crippen LogP contribution in [0.15, 0.2) is 47.5 Å². The Morgan fingerprint density at radius 2 is 1.69 bits per heavy atom. The minimum atomic E-state index is -0.727. The van der Waals surface area contributed by atoms with Crippen LogP contribution in [0.4, 0.5) is 4.39 Å². The van der Waals surface area contributed by atoms with Crippen LogP contribution in [-0.4, -0.2) is 38.0 Å². The monoisotopic (exact) mass is 498 g/mol. The zero-order valence-electron chi connectivity index (χ0n) is 20.9. The second-order valence-electron chi connectivity index (χ2n) is 9.03. The van der Waals surface area contributed by atoms with Crippen LogP contribution in [0.5, 0.6) is 11.5 Å². The third kappa shape index (κ3) is 8.25. The second-order valence-corrected chi connectivity index (χ2v) is 9.03. The first kappa shape index (κ1) is 27.0. The van der Waals surface area contributed by atoms with Crippen LogP contribution in [0.2, 0.25) is 0 Å². The molecule has 1 aliphatic rings. The molecule has 0 aliphatic heterocycles. The molecule has 1 aliphatic carbocycles. The molecule has 3 rings (SSSR count). The van der Waals surface area contributed by atoms with Gasteiger partial charge in [0.25, 0.3) is 0 Å². The lowest BCUT2D eigenvalue weighted by molar-refractivity contribution is -0.123. The molecule has 0 bridgehead atoms. The fraction of sp³-hybridized carbons (Fsp3) is 0.444. The average molecular weight is 499 g/mol. The van der Waals surface area contributed by atoms with Crippen LogP contribution in [0.25, 0.3) is 0 Å². The van der Waals surface area contributed by atoms with Gasteiger partial charge in [-0.15, -0.1) is 0 Å². The summed E-state index contributed by atoms with van der Waals surface area (Å²) in [5.41, 5.74) is 7.54. The highest BCUT2D eigenvalue weighted by molar-refractivity contribution is 5.98. The third-order valence-electron chi connectivity index (χ3n) is 6.34. The van der Waals surface area contributed by atoms with Crippen LogP contribution in [0.1, 0.15) is 49.7 Å². The summed E-state index contributed by atoms with van der Waals surface area (Å²) in [6.45, 7) is 0.251. The van der Waals surface area contributed by atoms with Gasteiger partial charge in [-0.05, 0) is 47.7 Å². The zero-order valence-corrected chi connectivity index (χ0v) is 20.9. The molecule has 0 spiro atoms. The zero-order chi connectivity index (χ0) is 25.9. The van der Waals surface area contributed by atoms with E-state index < -0.39 is 6.04 Å². The van der Waals surface area contributed by atoms with E-state index >= 15 is 0 Å². The van der Waals surface area contributed by atoms with E-state index in [1.807, 2.05) is 0 Å². The van der Waals surface area contributed by atoms with Crippen LogP contribution >= 0.6 is 0 Å². The van der Waals surface area contributed by atoms with Gasteiger partial charge >= 0.3 is 0 Å². The summed E-state index contributed by atoms with van der Waals surface area (Å²) in [5.74, 6) is 0.405. The SMILES string of the molecule is COc1ccc(CC(=O)NC(N)=NC(CC2CCCCC2)C(=O)NCc2ccc(F)cc2)cc1OC. The van der Waals surface area contributed by atoms with Crippen molar-refractivity contribution < 1.29 is 23.5 Å². The number of methoxy groups -OCH3 is 2. The minimum Gasteiger partial charge on any atom is -0.493 e. The van der Waals surface area contributed by atoms with E-state index in [2.05, 4.69) is 15.6 Å². The molecule has 4 N–H and O–H groups in total. The molecule has 36 heavy (non-hydrogen) atoms. The Hall–Kier alpha value is -3.62. The van der Waals surface area contributed by atoms with E-state index in [4.69, 9.17) is 15.2 Å². The molecular weight excluding hydrogens is 463 g/mol. The Balaban J connectivity index is 1.64. The van der Waals surface area contributed by atoms with Crippen molar-refractivity contribution in [1.82, 2.24) is 10.6 Å². The lowest BCUT2D eigenvalue weighted by atomic mass is 9.84. The van der Waals surface area contributed by atoms with Gasteiger partial charge in [-0.25, -0.2) is 9.38 Å². The third-order valence-corrected chi connectivity index (χ3v) is 6.34. The molecule has 2 aromatic carbocycles. The number of nitrogens with two attached hydrogens (primary N) is 1. The van der Waals surface area contributed by atoms with Gasteiger partial charge in [0.05, 0.1) is 20.6 Å². The molecule has 194 valence electrons. The number of hydrogen-bond donors (Lipinski definition) is 3. The lowest BCUT2D eigenvalue weighted by Crippen LogP contribution is -2.42. The number of halogens is 1. The van der Waals surface area contributed by atoms with Gasteiger partial charge in [0.2, 0.25) is 11.8 Å². The van der Waals surface area contributed by atoms with Gasteiger partial charge in [0.15, 0.2) is 17.5 Å². The van der Waals surface area contributed by atoms with E-state index in [0.717, 1.165) is 31.2 Å². The summed E-state index contributed by atoms with van der Waals surface area (Å²) < 4.78 is 23.7. The van der Waals surface area contributed by atoms with Crippen LogP contribution in [-0.2, 0) is 22.6 Å². The maximum absolute atomic E-state index is 13.2. The summed E-state index contributed by atoms with van der Waals surface area (Å²) in [7, 11) is 3.07. The summed E-state index contributed by atoms with van der Waals surface area (Å²) in [4.78, 5) is 30.0. The molecule has 1 fully saturated rings. The number of carbonyl (C=O) groups excluding carboxylic acids is 2. The van der Waals surface area contributed by atoms with Crippen molar-refractivity contribution in [3.63, 3.8) is 0 Å². The van der Waals surface area contributed by atoms with Crippen molar-refractivity contribution in [2.75, 3.05) is 14.2 Å². The van der Waals surface area contributed by atoms with E-state index in [9.17, 15) is 14.0 Å². The molecular formula is C27H35FN4O4. The van der Waals surface area contributed by atoms with Crippen molar-refractivity contribution in [2.45, 2.75) is 57.5 Å². The molecule has 1 unspecified atom stereocenters. The van der Waals surface area contributed by atoms with Crippen molar-refractivity contribution >= 4 is 17.8 Å². The van der Waals surface area contributed by atoms with Crippen molar-refractivity contribution in [2.24, 2.45) is 16.6 Å². The number of benzene rings is 2. The Kier molecular flexibility index (Phi) is 10.1. The first-order valence-corrected chi connectivity index (χ1v) is 12.2. The summed E-state index contributed by atoms with van der Waals surface area (Å²) >= 11 is 0. The van der Waals surface area contributed by atoms with Crippen molar-refractivity contribution in [1.29, 1.82) is 0 Å².